The number of benzene rings is 6. The molecule has 0 amide bonds. The third-order valence-electron chi connectivity index (χ3n) is 7.99. The van der Waals surface area contributed by atoms with Gasteiger partial charge in [-0.25, -0.2) is 0 Å². The lowest BCUT2D eigenvalue weighted by atomic mass is 10.00. The van der Waals surface area contributed by atoms with Crippen molar-refractivity contribution in [3.63, 3.8) is 0 Å². The minimum Gasteiger partial charge on any atom is -0.308 e. The summed E-state index contributed by atoms with van der Waals surface area (Å²) < 4.78 is 7.84. The molecule has 39 heavy (non-hydrogen) atoms. The molecule has 0 unspecified atom stereocenters. The quantitative estimate of drug-likeness (QED) is 0.209. The predicted octanol–water partition coefficient (Wildman–Crippen LogP) is 11.2. The summed E-state index contributed by atoms with van der Waals surface area (Å²) in [5, 5.41) is 7.99. The molecular weight excluding hydrogens is 511 g/mol. The van der Waals surface area contributed by atoms with E-state index in [0.29, 0.717) is 0 Å². The molecule has 0 aliphatic carbocycles. The molecule has 3 heteroatoms. The van der Waals surface area contributed by atoms with Gasteiger partial charge in [-0.3, -0.25) is 0 Å². The molecule has 182 valence electrons. The van der Waals surface area contributed by atoms with E-state index < -0.39 is 0 Å². The highest BCUT2D eigenvalue weighted by Crippen LogP contribution is 2.46. The van der Waals surface area contributed by atoms with E-state index in [1.807, 2.05) is 22.7 Å². The predicted molar refractivity (Wildman–Crippen MR) is 172 cm³/mol. The molecule has 3 heterocycles. The van der Waals surface area contributed by atoms with Crippen molar-refractivity contribution in [1.29, 1.82) is 0 Å². The van der Waals surface area contributed by atoms with Gasteiger partial charge in [-0.2, -0.15) is 0 Å². The summed E-state index contributed by atoms with van der Waals surface area (Å²) in [6.45, 7) is 0. The zero-order valence-corrected chi connectivity index (χ0v) is 22.5. The van der Waals surface area contributed by atoms with E-state index in [2.05, 4.69) is 132 Å². The van der Waals surface area contributed by atoms with Crippen LogP contribution in [0.3, 0.4) is 0 Å². The normalized spacial score (nSPS) is 12.1. The van der Waals surface area contributed by atoms with Crippen molar-refractivity contribution in [2.45, 2.75) is 0 Å². The van der Waals surface area contributed by atoms with Crippen molar-refractivity contribution in [1.82, 2.24) is 4.57 Å². The Bertz CT molecular complexity index is 2390. The number of thiophene rings is 2. The first-order valence-corrected chi connectivity index (χ1v) is 14.8. The molecule has 0 aliphatic heterocycles. The van der Waals surface area contributed by atoms with E-state index in [1.54, 1.807) is 0 Å². The maximum atomic E-state index is 2.44. The van der Waals surface area contributed by atoms with Gasteiger partial charge in [-0.15, -0.1) is 22.7 Å². The summed E-state index contributed by atoms with van der Waals surface area (Å²) in [5.74, 6) is 0. The third-order valence-corrected chi connectivity index (χ3v) is 10.4. The minimum absolute atomic E-state index is 1.20. The minimum atomic E-state index is 1.20. The van der Waals surface area contributed by atoms with Crippen LogP contribution in [-0.4, -0.2) is 4.57 Å². The van der Waals surface area contributed by atoms with Crippen LogP contribution < -0.4 is 0 Å². The first-order valence-electron chi connectivity index (χ1n) is 13.2. The average molecular weight is 532 g/mol. The Hall–Kier alpha value is -4.44. The molecule has 0 aliphatic rings. The van der Waals surface area contributed by atoms with Crippen LogP contribution in [0, 0.1) is 0 Å². The SMILES string of the molecule is c1ccc(-n2c3ccccc3c3sc4c(-c5ccc6c(c5)sc5ccc7ccccc7c56)cccc4c32)cc1. The molecule has 0 saturated carbocycles. The van der Waals surface area contributed by atoms with E-state index in [0.717, 1.165) is 0 Å². The number of fused-ring (bicyclic) bond motifs is 10. The zero-order chi connectivity index (χ0) is 25.5. The fourth-order valence-electron chi connectivity index (χ4n) is 6.28. The molecule has 0 saturated heterocycles. The molecule has 0 atom stereocenters. The monoisotopic (exact) mass is 531 g/mol. The highest BCUT2D eigenvalue weighted by molar-refractivity contribution is 7.27. The van der Waals surface area contributed by atoms with Gasteiger partial charge in [0, 0.05) is 41.3 Å². The molecule has 0 radical (unpaired) electrons. The van der Waals surface area contributed by atoms with Crippen molar-refractivity contribution < 1.29 is 0 Å². The van der Waals surface area contributed by atoms with Gasteiger partial charge in [-0.1, -0.05) is 97.1 Å². The molecule has 0 fully saturated rings. The topological polar surface area (TPSA) is 4.93 Å². The molecule has 9 rings (SSSR count). The van der Waals surface area contributed by atoms with E-state index in [1.165, 1.54) is 79.0 Å². The van der Waals surface area contributed by atoms with Gasteiger partial charge in [0.25, 0.3) is 0 Å². The van der Waals surface area contributed by atoms with Crippen molar-refractivity contribution in [3.05, 3.63) is 127 Å². The highest BCUT2D eigenvalue weighted by atomic mass is 32.1. The number of rotatable bonds is 2. The Morgan fingerprint density at radius 1 is 0.487 bits per heavy atom. The van der Waals surface area contributed by atoms with Crippen LogP contribution in [0.2, 0.25) is 0 Å². The largest absolute Gasteiger partial charge is 0.308 e. The number of hydrogen-bond donors (Lipinski definition) is 0. The zero-order valence-electron chi connectivity index (χ0n) is 20.9. The van der Waals surface area contributed by atoms with Crippen molar-refractivity contribution in [2.75, 3.05) is 0 Å². The van der Waals surface area contributed by atoms with Crippen LogP contribution in [0.15, 0.2) is 127 Å². The van der Waals surface area contributed by atoms with Gasteiger partial charge in [0.15, 0.2) is 0 Å². The summed E-state index contributed by atoms with van der Waals surface area (Å²) in [6.07, 6.45) is 0. The van der Waals surface area contributed by atoms with Crippen molar-refractivity contribution >= 4 is 84.8 Å². The second-order valence-corrected chi connectivity index (χ2v) is 12.2. The smallest absolute Gasteiger partial charge is 0.0727 e. The van der Waals surface area contributed by atoms with Gasteiger partial charge in [-0.05, 0) is 52.2 Å². The van der Waals surface area contributed by atoms with E-state index in [-0.39, 0.29) is 0 Å². The molecule has 1 nitrogen and oxygen atoms in total. The maximum absolute atomic E-state index is 2.44. The fraction of sp³-hybridized carbons (Fsp3) is 0. The van der Waals surface area contributed by atoms with Gasteiger partial charge in [0.2, 0.25) is 0 Å². The van der Waals surface area contributed by atoms with Crippen LogP contribution in [-0.2, 0) is 0 Å². The van der Waals surface area contributed by atoms with Gasteiger partial charge < -0.3 is 4.57 Å². The van der Waals surface area contributed by atoms with Crippen LogP contribution in [0.5, 0.6) is 0 Å². The average Bonchev–Trinajstić information content (AvgIpc) is 3.66. The number of aromatic nitrogens is 1. The second-order valence-electron chi connectivity index (χ2n) is 10.1. The van der Waals surface area contributed by atoms with Crippen LogP contribution in [0.4, 0.5) is 0 Å². The number of nitrogens with zero attached hydrogens (tertiary/aromatic N) is 1. The molecule has 9 aromatic rings. The van der Waals surface area contributed by atoms with Crippen molar-refractivity contribution in [2.24, 2.45) is 0 Å². The maximum Gasteiger partial charge on any atom is 0.0727 e. The molecule has 3 aromatic heterocycles. The summed E-state index contributed by atoms with van der Waals surface area (Å²) in [4.78, 5) is 0. The molecule has 6 aromatic carbocycles. The lowest BCUT2D eigenvalue weighted by Crippen LogP contribution is -1.92. The Morgan fingerprint density at radius 2 is 1.28 bits per heavy atom. The van der Waals surface area contributed by atoms with Crippen LogP contribution in [0.1, 0.15) is 0 Å². The Balaban J connectivity index is 1.33. The van der Waals surface area contributed by atoms with Gasteiger partial charge in [0.05, 0.1) is 15.7 Å². The summed E-state index contributed by atoms with van der Waals surface area (Å²) in [7, 11) is 0. The number of para-hydroxylation sites is 2. The highest BCUT2D eigenvalue weighted by Gasteiger charge is 2.19. The van der Waals surface area contributed by atoms with Crippen LogP contribution in [0.25, 0.3) is 79.0 Å². The summed E-state index contributed by atoms with van der Waals surface area (Å²) in [6, 6.07) is 46.7. The first-order chi connectivity index (χ1) is 19.3. The van der Waals surface area contributed by atoms with E-state index >= 15 is 0 Å². The third kappa shape index (κ3) is 3.00. The molecule has 0 bridgehead atoms. The molecular formula is C36H21NS2. The fourth-order valence-corrected chi connectivity index (χ4v) is 8.79. The Kier molecular flexibility index (Phi) is 4.43. The number of hydrogen-bond acceptors (Lipinski definition) is 2. The van der Waals surface area contributed by atoms with E-state index in [9.17, 15) is 0 Å². The second kappa shape index (κ2) is 8.03. The lowest BCUT2D eigenvalue weighted by Gasteiger charge is -2.09. The van der Waals surface area contributed by atoms with E-state index in [4.69, 9.17) is 0 Å². The molecule has 0 N–H and O–H groups in total. The first kappa shape index (κ1) is 21.5. The van der Waals surface area contributed by atoms with Crippen molar-refractivity contribution in [3.8, 4) is 16.8 Å². The molecule has 0 spiro atoms. The standard InChI is InChI=1S/C36H21NS2/c1-2-10-24(11-3-1)37-30-16-7-6-13-27(30)36-34(37)29-15-8-14-26(35(29)39-36)23-17-19-28-32(21-23)38-31-20-18-22-9-4-5-12-25(22)33(28)31/h1-21H. The van der Waals surface area contributed by atoms with Gasteiger partial charge in [0.1, 0.15) is 0 Å². The van der Waals surface area contributed by atoms with Crippen LogP contribution >= 0.6 is 22.7 Å². The summed E-state index contributed by atoms with van der Waals surface area (Å²) >= 11 is 3.82. The Morgan fingerprint density at radius 3 is 2.21 bits per heavy atom. The van der Waals surface area contributed by atoms with Gasteiger partial charge >= 0.3 is 0 Å². The summed E-state index contributed by atoms with van der Waals surface area (Å²) in [5.41, 5.74) is 6.35. The Labute approximate surface area is 232 Å². The lowest BCUT2D eigenvalue weighted by molar-refractivity contribution is 1.19.